The third-order valence-electron chi connectivity index (χ3n) is 4.24. The molecule has 0 amide bonds. The van der Waals surface area contributed by atoms with E-state index in [0.717, 1.165) is 43.0 Å². The summed E-state index contributed by atoms with van der Waals surface area (Å²) >= 11 is 0. The van der Waals surface area contributed by atoms with E-state index in [1.807, 2.05) is 12.3 Å². The van der Waals surface area contributed by atoms with Gasteiger partial charge in [-0.1, -0.05) is 12.1 Å². The largest absolute Gasteiger partial charge is 0.478 e. The van der Waals surface area contributed by atoms with Gasteiger partial charge in [-0.25, -0.2) is 4.79 Å². The van der Waals surface area contributed by atoms with Crippen LogP contribution in [0.3, 0.4) is 0 Å². The van der Waals surface area contributed by atoms with Crippen LogP contribution in [-0.2, 0) is 11.3 Å². The average molecular weight is 315 g/mol. The normalized spacial score (nSPS) is 15.5. The number of nitrogens with one attached hydrogen (secondary N) is 1. The van der Waals surface area contributed by atoms with E-state index in [9.17, 15) is 4.79 Å². The molecule has 2 heterocycles. The Morgan fingerprint density at radius 3 is 2.96 bits per heavy atom. The van der Waals surface area contributed by atoms with Gasteiger partial charge in [0.25, 0.3) is 0 Å². The van der Waals surface area contributed by atoms with Crippen molar-refractivity contribution in [2.24, 2.45) is 0 Å². The maximum absolute atomic E-state index is 11.0. The first kappa shape index (κ1) is 15.6. The van der Waals surface area contributed by atoms with Gasteiger partial charge in [-0.2, -0.15) is 5.10 Å². The van der Waals surface area contributed by atoms with E-state index in [-0.39, 0.29) is 0 Å². The average Bonchev–Trinajstić information content (AvgIpc) is 2.95. The number of carbonyl (C=O) groups is 1. The lowest BCUT2D eigenvalue weighted by Gasteiger charge is -2.23. The van der Waals surface area contributed by atoms with Gasteiger partial charge in [-0.15, -0.1) is 0 Å². The molecular weight excluding hydrogens is 294 g/mol. The van der Waals surface area contributed by atoms with Crippen molar-refractivity contribution < 1.29 is 14.6 Å². The summed E-state index contributed by atoms with van der Waals surface area (Å²) in [5.74, 6) is -0.907. The number of rotatable bonds is 5. The topological polar surface area (TPSA) is 76.4 Å². The standard InChI is InChI=1S/C17H21N3O3/c1-12-16(11-19-20(12)15-5-7-23-8-6-15)18-10-13-3-2-4-14(9-13)17(21)22/h2-4,9,11,15,18H,5-8,10H2,1H3,(H,21,22). The van der Waals surface area contributed by atoms with E-state index < -0.39 is 5.97 Å². The van der Waals surface area contributed by atoms with Crippen molar-refractivity contribution in [3.63, 3.8) is 0 Å². The van der Waals surface area contributed by atoms with E-state index >= 15 is 0 Å². The van der Waals surface area contributed by atoms with Gasteiger partial charge in [0, 0.05) is 19.8 Å². The summed E-state index contributed by atoms with van der Waals surface area (Å²) in [7, 11) is 0. The second-order valence-electron chi connectivity index (χ2n) is 5.79. The molecule has 1 fully saturated rings. The zero-order valence-electron chi connectivity index (χ0n) is 13.2. The Balaban J connectivity index is 1.68. The highest BCUT2D eigenvalue weighted by atomic mass is 16.5. The quantitative estimate of drug-likeness (QED) is 0.887. The van der Waals surface area contributed by atoms with Gasteiger partial charge in [-0.05, 0) is 37.5 Å². The fourth-order valence-electron chi connectivity index (χ4n) is 2.91. The van der Waals surface area contributed by atoms with Crippen LogP contribution in [0.5, 0.6) is 0 Å². The van der Waals surface area contributed by atoms with Gasteiger partial charge in [-0.3, -0.25) is 4.68 Å². The molecule has 1 saturated heterocycles. The third kappa shape index (κ3) is 3.53. The van der Waals surface area contributed by atoms with E-state index in [4.69, 9.17) is 9.84 Å². The summed E-state index contributed by atoms with van der Waals surface area (Å²) in [6.45, 7) is 4.20. The molecule has 0 saturated carbocycles. The Kier molecular flexibility index (Phi) is 4.62. The van der Waals surface area contributed by atoms with Crippen molar-refractivity contribution in [1.29, 1.82) is 0 Å². The molecule has 1 aliphatic rings. The van der Waals surface area contributed by atoms with E-state index in [2.05, 4.69) is 22.0 Å². The fraction of sp³-hybridized carbons (Fsp3) is 0.412. The van der Waals surface area contributed by atoms with Crippen LogP contribution in [0.4, 0.5) is 5.69 Å². The van der Waals surface area contributed by atoms with Crippen molar-refractivity contribution >= 4 is 11.7 Å². The predicted octanol–water partition coefficient (Wildman–Crippen LogP) is 2.85. The van der Waals surface area contributed by atoms with Crippen LogP contribution in [0.2, 0.25) is 0 Å². The second-order valence-corrected chi connectivity index (χ2v) is 5.79. The maximum atomic E-state index is 11.0. The summed E-state index contributed by atoms with van der Waals surface area (Å²) in [6.07, 6.45) is 3.82. The molecule has 23 heavy (non-hydrogen) atoms. The molecule has 1 aliphatic heterocycles. The minimum Gasteiger partial charge on any atom is -0.478 e. The first-order valence-electron chi connectivity index (χ1n) is 7.83. The lowest BCUT2D eigenvalue weighted by Crippen LogP contribution is -2.21. The van der Waals surface area contributed by atoms with Crippen molar-refractivity contribution in [2.75, 3.05) is 18.5 Å². The molecule has 2 N–H and O–H groups in total. The van der Waals surface area contributed by atoms with Crippen LogP contribution in [0.25, 0.3) is 0 Å². The Hall–Kier alpha value is -2.34. The van der Waals surface area contributed by atoms with Gasteiger partial charge in [0.2, 0.25) is 0 Å². The van der Waals surface area contributed by atoms with Crippen LogP contribution in [0.15, 0.2) is 30.5 Å². The molecule has 0 radical (unpaired) electrons. The highest BCUT2D eigenvalue weighted by Gasteiger charge is 2.19. The van der Waals surface area contributed by atoms with E-state index in [1.54, 1.807) is 18.2 Å². The first-order valence-corrected chi connectivity index (χ1v) is 7.83. The molecule has 0 bridgehead atoms. The van der Waals surface area contributed by atoms with Crippen molar-refractivity contribution in [3.05, 3.63) is 47.3 Å². The van der Waals surface area contributed by atoms with Crippen LogP contribution < -0.4 is 5.32 Å². The minimum atomic E-state index is -0.907. The molecule has 1 aromatic heterocycles. The molecular formula is C17H21N3O3. The highest BCUT2D eigenvalue weighted by Crippen LogP contribution is 2.25. The maximum Gasteiger partial charge on any atom is 0.335 e. The summed E-state index contributed by atoms with van der Waals surface area (Å²) < 4.78 is 7.47. The van der Waals surface area contributed by atoms with Gasteiger partial charge in [0.15, 0.2) is 0 Å². The number of nitrogens with zero attached hydrogens (tertiary/aromatic N) is 2. The van der Waals surface area contributed by atoms with Crippen LogP contribution in [-0.4, -0.2) is 34.1 Å². The van der Waals surface area contributed by atoms with Crippen LogP contribution in [0, 0.1) is 6.92 Å². The number of aromatic carboxylic acids is 1. The Morgan fingerprint density at radius 2 is 2.22 bits per heavy atom. The molecule has 3 rings (SSSR count). The predicted molar refractivity (Wildman–Crippen MR) is 86.8 cm³/mol. The number of anilines is 1. The number of aromatic nitrogens is 2. The molecule has 2 aromatic rings. The Bertz CT molecular complexity index is 690. The van der Waals surface area contributed by atoms with E-state index in [0.29, 0.717) is 18.2 Å². The second kappa shape index (κ2) is 6.83. The lowest BCUT2D eigenvalue weighted by molar-refractivity contribution is 0.0656. The Morgan fingerprint density at radius 1 is 1.43 bits per heavy atom. The zero-order chi connectivity index (χ0) is 16.2. The lowest BCUT2D eigenvalue weighted by atomic mass is 10.1. The molecule has 6 heteroatoms. The molecule has 0 spiro atoms. The van der Waals surface area contributed by atoms with Gasteiger partial charge in [0.1, 0.15) is 0 Å². The van der Waals surface area contributed by atoms with Gasteiger partial charge in [0.05, 0.1) is 29.2 Å². The summed E-state index contributed by atoms with van der Waals surface area (Å²) in [5, 5.41) is 16.9. The molecule has 0 aliphatic carbocycles. The van der Waals surface area contributed by atoms with Crippen molar-refractivity contribution in [2.45, 2.75) is 32.4 Å². The molecule has 1 aromatic carbocycles. The molecule has 122 valence electrons. The number of carboxylic acid groups (broad SMARTS) is 1. The number of benzene rings is 1. The highest BCUT2D eigenvalue weighted by molar-refractivity contribution is 5.87. The van der Waals surface area contributed by atoms with E-state index in [1.165, 1.54) is 0 Å². The Labute approximate surface area is 135 Å². The van der Waals surface area contributed by atoms with Crippen molar-refractivity contribution in [1.82, 2.24) is 9.78 Å². The number of hydrogen-bond acceptors (Lipinski definition) is 4. The molecule has 6 nitrogen and oxygen atoms in total. The fourth-order valence-corrected chi connectivity index (χ4v) is 2.91. The number of hydrogen-bond donors (Lipinski definition) is 2. The van der Waals surface area contributed by atoms with Crippen LogP contribution in [0.1, 0.15) is 40.5 Å². The van der Waals surface area contributed by atoms with Gasteiger partial charge < -0.3 is 15.2 Å². The summed E-state index contributed by atoms with van der Waals surface area (Å²) in [4.78, 5) is 11.0. The monoisotopic (exact) mass is 315 g/mol. The number of ether oxygens (including phenoxy) is 1. The zero-order valence-corrected chi connectivity index (χ0v) is 13.2. The smallest absolute Gasteiger partial charge is 0.335 e. The first-order chi connectivity index (χ1) is 11.1. The SMILES string of the molecule is Cc1c(NCc2cccc(C(=O)O)c2)cnn1C1CCOCC1. The number of carboxylic acids is 1. The third-order valence-corrected chi connectivity index (χ3v) is 4.24. The summed E-state index contributed by atoms with van der Waals surface area (Å²) in [5.41, 5.74) is 3.32. The molecule has 0 atom stereocenters. The molecule has 0 unspecified atom stereocenters. The van der Waals surface area contributed by atoms with Crippen molar-refractivity contribution in [3.8, 4) is 0 Å². The minimum absolute atomic E-state index is 0.305. The van der Waals surface area contributed by atoms with Crippen LogP contribution >= 0.6 is 0 Å². The summed E-state index contributed by atoms with van der Waals surface area (Å²) in [6, 6.07) is 7.36. The van der Waals surface area contributed by atoms with Gasteiger partial charge >= 0.3 is 5.97 Å².